The number of carbonyl (C=O) groups excluding carboxylic acids is 1. The second-order valence-electron chi connectivity index (χ2n) is 4.09. The molecule has 1 heterocycles. The molecule has 0 aliphatic carbocycles. The van der Waals surface area contributed by atoms with Gasteiger partial charge in [-0.2, -0.15) is 0 Å². The third kappa shape index (κ3) is 2.59. The fraction of sp³-hybridized carbons (Fsp3) is 0.286. The summed E-state index contributed by atoms with van der Waals surface area (Å²) in [5.74, 6) is 0.571. The highest BCUT2D eigenvalue weighted by atomic mass is 16.5. The number of amides is 1. The van der Waals surface area contributed by atoms with E-state index in [-0.39, 0.29) is 0 Å². The van der Waals surface area contributed by atoms with Crippen LogP contribution in [0.5, 0.6) is 11.5 Å². The predicted octanol–water partition coefficient (Wildman–Crippen LogP) is 2.13. The van der Waals surface area contributed by atoms with Crippen molar-refractivity contribution in [3.8, 4) is 11.5 Å². The van der Waals surface area contributed by atoms with Crippen LogP contribution in [0.15, 0.2) is 24.4 Å². The van der Waals surface area contributed by atoms with Gasteiger partial charge in [0.05, 0.1) is 24.8 Å². The number of methoxy groups -OCH3 is 1. The van der Waals surface area contributed by atoms with Crippen molar-refractivity contribution in [3.05, 3.63) is 30.0 Å². The van der Waals surface area contributed by atoms with E-state index >= 15 is 0 Å². The third-order valence-corrected chi connectivity index (χ3v) is 2.75. The second kappa shape index (κ2) is 5.56. The molecule has 2 rings (SSSR count). The number of hydrogen-bond donors (Lipinski definition) is 1. The molecule has 2 aromatic rings. The highest BCUT2D eigenvalue weighted by Gasteiger charge is 2.13. The summed E-state index contributed by atoms with van der Waals surface area (Å²) in [6.45, 7) is 2.64. The van der Waals surface area contributed by atoms with Gasteiger partial charge in [-0.15, -0.1) is 0 Å². The predicted molar refractivity (Wildman–Crippen MR) is 72.6 cm³/mol. The van der Waals surface area contributed by atoms with E-state index in [0.717, 1.165) is 11.8 Å². The Labute approximate surface area is 111 Å². The van der Waals surface area contributed by atoms with Crippen molar-refractivity contribution in [2.24, 2.45) is 5.73 Å². The first kappa shape index (κ1) is 13.1. The van der Waals surface area contributed by atoms with Crippen molar-refractivity contribution < 1.29 is 14.3 Å². The standard InChI is InChI=1S/C14H16N2O3/c1-3-6-19-12-4-5-16-11-8-13(18-2)10(14(15)17)7-9(11)12/h4-5,7-8H,3,6H2,1-2H3,(H2,15,17). The number of ether oxygens (including phenoxy) is 2. The quantitative estimate of drug-likeness (QED) is 0.893. The molecule has 0 bridgehead atoms. The van der Waals surface area contributed by atoms with E-state index in [4.69, 9.17) is 15.2 Å². The number of rotatable bonds is 5. The van der Waals surface area contributed by atoms with Crippen LogP contribution in [0, 0.1) is 0 Å². The Kier molecular flexibility index (Phi) is 3.85. The number of pyridine rings is 1. The van der Waals surface area contributed by atoms with E-state index in [2.05, 4.69) is 4.98 Å². The Morgan fingerprint density at radius 2 is 2.16 bits per heavy atom. The molecular weight excluding hydrogens is 244 g/mol. The third-order valence-electron chi connectivity index (χ3n) is 2.75. The van der Waals surface area contributed by atoms with E-state index in [1.807, 2.05) is 6.92 Å². The minimum absolute atomic E-state index is 0.323. The molecule has 0 radical (unpaired) electrons. The lowest BCUT2D eigenvalue weighted by atomic mass is 10.1. The maximum absolute atomic E-state index is 11.4. The Morgan fingerprint density at radius 3 is 2.79 bits per heavy atom. The first-order valence-electron chi connectivity index (χ1n) is 6.06. The second-order valence-corrected chi connectivity index (χ2v) is 4.09. The van der Waals surface area contributed by atoms with Crippen LogP contribution in [0.2, 0.25) is 0 Å². The normalized spacial score (nSPS) is 10.4. The average Bonchev–Trinajstić information content (AvgIpc) is 2.43. The van der Waals surface area contributed by atoms with E-state index in [1.54, 1.807) is 24.4 Å². The Bertz CT molecular complexity index is 611. The molecule has 1 amide bonds. The molecule has 0 saturated carbocycles. The van der Waals surface area contributed by atoms with Crippen molar-refractivity contribution >= 4 is 16.8 Å². The van der Waals surface area contributed by atoms with Crippen molar-refractivity contribution in [3.63, 3.8) is 0 Å². The van der Waals surface area contributed by atoms with Gasteiger partial charge in [0, 0.05) is 17.6 Å². The molecule has 5 heteroatoms. The van der Waals surface area contributed by atoms with Crippen LogP contribution in [-0.2, 0) is 0 Å². The average molecular weight is 260 g/mol. The molecule has 2 N–H and O–H groups in total. The van der Waals surface area contributed by atoms with Gasteiger partial charge in [-0.3, -0.25) is 9.78 Å². The SMILES string of the molecule is CCCOc1ccnc2cc(OC)c(C(N)=O)cc12. The monoisotopic (exact) mass is 260 g/mol. The molecule has 0 saturated heterocycles. The Balaban J connectivity index is 2.61. The zero-order valence-electron chi connectivity index (χ0n) is 11.0. The summed E-state index contributed by atoms with van der Waals surface area (Å²) in [6.07, 6.45) is 2.57. The molecule has 0 fully saturated rings. The summed E-state index contributed by atoms with van der Waals surface area (Å²) in [7, 11) is 1.49. The van der Waals surface area contributed by atoms with Gasteiger partial charge in [0.25, 0.3) is 5.91 Å². The maximum Gasteiger partial charge on any atom is 0.252 e. The van der Waals surface area contributed by atoms with Gasteiger partial charge in [-0.05, 0) is 18.6 Å². The number of primary amides is 1. The fourth-order valence-corrected chi connectivity index (χ4v) is 1.85. The van der Waals surface area contributed by atoms with Crippen LogP contribution in [0.1, 0.15) is 23.7 Å². The van der Waals surface area contributed by atoms with Crippen LogP contribution < -0.4 is 15.2 Å². The Morgan fingerprint density at radius 1 is 1.37 bits per heavy atom. The molecule has 0 atom stereocenters. The van der Waals surface area contributed by atoms with E-state index in [1.165, 1.54) is 7.11 Å². The van der Waals surface area contributed by atoms with E-state index in [0.29, 0.717) is 29.2 Å². The molecule has 1 aromatic heterocycles. The molecule has 0 aliphatic rings. The fourth-order valence-electron chi connectivity index (χ4n) is 1.85. The molecule has 19 heavy (non-hydrogen) atoms. The van der Waals surface area contributed by atoms with Gasteiger partial charge >= 0.3 is 0 Å². The first-order valence-corrected chi connectivity index (χ1v) is 6.06. The van der Waals surface area contributed by atoms with E-state index < -0.39 is 5.91 Å². The van der Waals surface area contributed by atoms with E-state index in [9.17, 15) is 4.79 Å². The number of carbonyl (C=O) groups is 1. The van der Waals surface area contributed by atoms with Crippen LogP contribution >= 0.6 is 0 Å². The van der Waals surface area contributed by atoms with Crippen LogP contribution in [-0.4, -0.2) is 24.6 Å². The van der Waals surface area contributed by atoms with Crippen LogP contribution in [0.4, 0.5) is 0 Å². The zero-order chi connectivity index (χ0) is 13.8. The summed E-state index contributed by atoms with van der Waals surface area (Å²) >= 11 is 0. The van der Waals surface area contributed by atoms with Gasteiger partial charge in [-0.1, -0.05) is 6.92 Å². The van der Waals surface area contributed by atoms with Crippen molar-refractivity contribution in [1.82, 2.24) is 4.98 Å². The summed E-state index contributed by atoms with van der Waals surface area (Å²) in [6, 6.07) is 5.12. The smallest absolute Gasteiger partial charge is 0.252 e. The molecule has 1 aromatic carbocycles. The minimum atomic E-state index is -0.538. The molecule has 5 nitrogen and oxygen atoms in total. The molecule has 0 unspecified atom stereocenters. The molecule has 0 aliphatic heterocycles. The summed E-state index contributed by atoms with van der Waals surface area (Å²) in [5, 5.41) is 0.755. The molecule has 0 spiro atoms. The number of fused-ring (bicyclic) bond motifs is 1. The highest BCUT2D eigenvalue weighted by molar-refractivity contribution is 6.01. The lowest BCUT2D eigenvalue weighted by Crippen LogP contribution is -2.12. The summed E-state index contributed by atoms with van der Waals surface area (Å²) < 4.78 is 10.8. The number of hydrogen-bond acceptors (Lipinski definition) is 4. The topological polar surface area (TPSA) is 74.4 Å². The lowest BCUT2D eigenvalue weighted by Gasteiger charge is -2.11. The lowest BCUT2D eigenvalue weighted by molar-refractivity contribution is 0.0997. The Hall–Kier alpha value is -2.30. The maximum atomic E-state index is 11.4. The molecule has 100 valence electrons. The van der Waals surface area contributed by atoms with Gasteiger partial charge in [0.1, 0.15) is 11.5 Å². The largest absolute Gasteiger partial charge is 0.496 e. The summed E-state index contributed by atoms with van der Waals surface area (Å²) in [5.41, 5.74) is 6.38. The zero-order valence-corrected chi connectivity index (χ0v) is 11.0. The van der Waals surface area contributed by atoms with Crippen molar-refractivity contribution in [1.29, 1.82) is 0 Å². The van der Waals surface area contributed by atoms with Gasteiger partial charge in [0.15, 0.2) is 0 Å². The van der Waals surface area contributed by atoms with Gasteiger partial charge < -0.3 is 15.2 Å². The first-order chi connectivity index (χ1) is 9.17. The van der Waals surface area contributed by atoms with Crippen molar-refractivity contribution in [2.75, 3.05) is 13.7 Å². The number of nitrogens with two attached hydrogens (primary N) is 1. The van der Waals surface area contributed by atoms with Gasteiger partial charge in [-0.25, -0.2) is 0 Å². The molecular formula is C14H16N2O3. The van der Waals surface area contributed by atoms with Crippen LogP contribution in [0.25, 0.3) is 10.9 Å². The van der Waals surface area contributed by atoms with Gasteiger partial charge in [0.2, 0.25) is 0 Å². The highest BCUT2D eigenvalue weighted by Crippen LogP contribution is 2.30. The van der Waals surface area contributed by atoms with Crippen molar-refractivity contribution in [2.45, 2.75) is 13.3 Å². The number of aromatic nitrogens is 1. The minimum Gasteiger partial charge on any atom is -0.496 e. The number of nitrogens with zero attached hydrogens (tertiary/aromatic N) is 1. The summed E-state index contributed by atoms with van der Waals surface area (Å²) in [4.78, 5) is 15.7. The number of benzene rings is 1. The van der Waals surface area contributed by atoms with Crippen LogP contribution in [0.3, 0.4) is 0 Å².